The highest BCUT2D eigenvalue weighted by Gasteiger charge is 2.21. The molecular formula is C29H31BrN4O3. The zero-order valence-electron chi connectivity index (χ0n) is 22.2. The molecule has 3 aromatic heterocycles. The van der Waals surface area contributed by atoms with Crippen molar-refractivity contribution in [1.82, 2.24) is 19.5 Å². The number of hydrogen-bond donors (Lipinski definition) is 0. The van der Waals surface area contributed by atoms with Crippen LogP contribution in [-0.2, 0) is 12.0 Å². The van der Waals surface area contributed by atoms with Crippen molar-refractivity contribution in [2.45, 2.75) is 53.6 Å². The minimum atomic E-state index is -0.212. The largest absolute Gasteiger partial charge is 0.497 e. The third kappa shape index (κ3) is 5.44. The van der Waals surface area contributed by atoms with Crippen molar-refractivity contribution in [3.05, 3.63) is 91.8 Å². The summed E-state index contributed by atoms with van der Waals surface area (Å²) >= 11 is 3.50. The second kappa shape index (κ2) is 10.5. The first-order valence-electron chi connectivity index (χ1n) is 12.0. The number of aromatic nitrogens is 4. The summed E-state index contributed by atoms with van der Waals surface area (Å²) in [6, 6.07) is 11.4. The van der Waals surface area contributed by atoms with Crippen LogP contribution in [0.15, 0.2) is 58.1 Å². The first-order valence-corrected chi connectivity index (χ1v) is 12.8. The minimum Gasteiger partial charge on any atom is -0.497 e. The molecule has 0 bridgehead atoms. The third-order valence-corrected chi connectivity index (χ3v) is 6.91. The Morgan fingerprint density at radius 1 is 1.05 bits per heavy atom. The topological polar surface area (TPSA) is 79.1 Å². The van der Waals surface area contributed by atoms with Gasteiger partial charge in [-0.25, -0.2) is 9.97 Å². The summed E-state index contributed by atoms with van der Waals surface area (Å²) < 4.78 is 13.4. The number of rotatable bonds is 6. The number of aryl methyl sites for hydroxylation is 1. The number of ether oxygens (including phenoxy) is 2. The van der Waals surface area contributed by atoms with Gasteiger partial charge in [0.15, 0.2) is 0 Å². The van der Waals surface area contributed by atoms with Gasteiger partial charge in [-0.15, -0.1) is 0 Å². The molecule has 0 radical (unpaired) electrons. The fourth-order valence-corrected chi connectivity index (χ4v) is 4.58. The lowest BCUT2D eigenvalue weighted by atomic mass is 9.95. The van der Waals surface area contributed by atoms with Crippen LogP contribution in [0.4, 0.5) is 0 Å². The molecule has 0 fully saturated rings. The van der Waals surface area contributed by atoms with E-state index in [-0.39, 0.29) is 11.0 Å². The lowest BCUT2D eigenvalue weighted by Gasteiger charge is -2.19. The van der Waals surface area contributed by atoms with E-state index in [0.29, 0.717) is 28.2 Å². The van der Waals surface area contributed by atoms with E-state index in [0.717, 1.165) is 39.7 Å². The molecule has 192 valence electrons. The Morgan fingerprint density at radius 3 is 2.51 bits per heavy atom. The first kappa shape index (κ1) is 26.5. The minimum absolute atomic E-state index is 0.198. The van der Waals surface area contributed by atoms with Gasteiger partial charge < -0.3 is 9.47 Å². The summed E-state index contributed by atoms with van der Waals surface area (Å²) in [5.41, 5.74) is 5.23. The highest BCUT2D eigenvalue weighted by Crippen LogP contribution is 2.31. The Morgan fingerprint density at radius 2 is 1.81 bits per heavy atom. The lowest BCUT2D eigenvalue weighted by molar-refractivity contribution is 0.299. The Balaban J connectivity index is 1.74. The molecular weight excluding hydrogens is 532 g/mol. The van der Waals surface area contributed by atoms with Crippen LogP contribution in [0.25, 0.3) is 17.1 Å². The number of pyridine rings is 2. The summed E-state index contributed by atoms with van der Waals surface area (Å²) in [6.07, 6.45) is 3.52. The molecule has 0 N–H and O–H groups in total. The van der Waals surface area contributed by atoms with E-state index in [1.807, 2.05) is 63.4 Å². The standard InChI is InChI=1S/C29H31BrN4O3/c1-17-15-32-28(29(4,5)6)33-25(17)23-14-21(11-12-31-23)34-19(3)18(2)26(24(30)27(34)35)37-16-20-9-8-10-22(13-20)36-7/h8-15H,16H2,1-7H3. The van der Waals surface area contributed by atoms with Crippen LogP contribution in [0.3, 0.4) is 0 Å². The average Bonchev–Trinajstić information content (AvgIpc) is 2.87. The molecule has 3 heterocycles. The van der Waals surface area contributed by atoms with Crippen molar-refractivity contribution < 1.29 is 9.47 Å². The molecule has 0 saturated carbocycles. The highest BCUT2D eigenvalue weighted by atomic mass is 79.9. The van der Waals surface area contributed by atoms with E-state index in [1.54, 1.807) is 17.9 Å². The molecule has 0 aliphatic carbocycles. The van der Waals surface area contributed by atoms with E-state index in [2.05, 4.69) is 46.7 Å². The predicted molar refractivity (Wildman–Crippen MR) is 149 cm³/mol. The molecule has 0 atom stereocenters. The van der Waals surface area contributed by atoms with Gasteiger partial charge in [0.25, 0.3) is 5.56 Å². The van der Waals surface area contributed by atoms with Crippen molar-refractivity contribution in [3.8, 4) is 28.6 Å². The Labute approximate surface area is 225 Å². The van der Waals surface area contributed by atoms with Crippen molar-refractivity contribution in [1.29, 1.82) is 0 Å². The van der Waals surface area contributed by atoms with Crippen LogP contribution in [0.1, 0.15) is 49.0 Å². The predicted octanol–water partition coefficient (Wildman–Crippen LogP) is 6.26. The van der Waals surface area contributed by atoms with Crippen LogP contribution in [-0.4, -0.2) is 26.6 Å². The maximum atomic E-state index is 13.5. The SMILES string of the molecule is COc1cccc(COc2c(C)c(C)n(-c3ccnc(-c4nc(C(C)(C)C)ncc4C)c3)c(=O)c2Br)c1. The average molecular weight is 563 g/mol. The number of benzene rings is 1. The molecule has 4 aromatic rings. The lowest BCUT2D eigenvalue weighted by Crippen LogP contribution is -2.24. The Kier molecular flexibility index (Phi) is 7.50. The zero-order chi connectivity index (χ0) is 26.9. The maximum Gasteiger partial charge on any atom is 0.273 e. The van der Waals surface area contributed by atoms with E-state index >= 15 is 0 Å². The van der Waals surface area contributed by atoms with Gasteiger partial charge in [0.1, 0.15) is 28.4 Å². The van der Waals surface area contributed by atoms with Crippen molar-refractivity contribution >= 4 is 15.9 Å². The molecule has 0 spiro atoms. The van der Waals surface area contributed by atoms with Gasteiger partial charge in [-0.3, -0.25) is 14.3 Å². The maximum absolute atomic E-state index is 13.5. The second-order valence-electron chi connectivity index (χ2n) is 10.0. The second-order valence-corrected chi connectivity index (χ2v) is 10.8. The number of hydrogen-bond acceptors (Lipinski definition) is 6. The van der Waals surface area contributed by atoms with Crippen LogP contribution >= 0.6 is 15.9 Å². The zero-order valence-corrected chi connectivity index (χ0v) is 23.8. The molecule has 0 saturated heterocycles. The summed E-state index contributed by atoms with van der Waals surface area (Å²) in [6.45, 7) is 12.4. The van der Waals surface area contributed by atoms with Gasteiger partial charge in [0, 0.05) is 29.1 Å². The molecule has 7 nitrogen and oxygen atoms in total. The van der Waals surface area contributed by atoms with E-state index in [1.165, 1.54) is 0 Å². The number of nitrogens with zero attached hydrogens (tertiary/aromatic N) is 4. The quantitative estimate of drug-likeness (QED) is 0.276. The summed E-state index contributed by atoms with van der Waals surface area (Å²) in [5, 5.41) is 0. The molecule has 37 heavy (non-hydrogen) atoms. The Bertz CT molecular complexity index is 1520. The van der Waals surface area contributed by atoms with Gasteiger partial charge in [0.2, 0.25) is 0 Å². The fourth-order valence-electron chi connectivity index (χ4n) is 4.00. The van der Waals surface area contributed by atoms with E-state index < -0.39 is 0 Å². The van der Waals surface area contributed by atoms with Gasteiger partial charge in [-0.05, 0) is 72.1 Å². The Hall–Kier alpha value is -3.52. The van der Waals surface area contributed by atoms with E-state index in [4.69, 9.17) is 14.5 Å². The van der Waals surface area contributed by atoms with Crippen molar-refractivity contribution in [3.63, 3.8) is 0 Å². The molecule has 0 aliphatic heterocycles. The monoisotopic (exact) mass is 562 g/mol. The summed E-state index contributed by atoms with van der Waals surface area (Å²) in [4.78, 5) is 27.4. The fraction of sp³-hybridized carbons (Fsp3) is 0.310. The van der Waals surface area contributed by atoms with Gasteiger partial charge in [-0.1, -0.05) is 32.9 Å². The van der Waals surface area contributed by atoms with Gasteiger partial charge in [0.05, 0.1) is 24.2 Å². The number of methoxy groups -OCH3 is 1. The molecule has 1 aromatic carbocycles. The van der Waals surface area contributed by atoms with E-state index in [9.17, 15) is 4.79 Å². The number of halogens is 1. The van der Waals surface area contributed by atoms with Crippen LogP contribution < -0.4 is 15.0 Å². The van der Waals surface area contributed by atoms with Crippen molar-refractivity contribution in [2.75, 3.05) is 7.11 Å². The molecule has 0 amide bonds. The van der Waals surface area contributed by atoms with Crippen molar-refractivity contribution in [2.24, 2.45) is 0 Å². The normalized spacial score (nSPS) is 11.5. The van der Waals surface area contributed by atoms with Crippen LogP contribution in [0.5, 0.6) is 11.5 Å². The molecule has 0 aliphatic rings. The summed E-state index contributed by atoms with van der Waals surface area (Å²) in [5.74, 6) is 2.02. The molecule has 0 unspecified atom stereocenters. The highest BCUT2D eigenvalue weighted by molar-refractivity contribution is 9.10. The molecule has 8 heteroatoms. The van der Waals surface area contributed by atoms with Gasteiger partial charge in [-0.2, -0.15) is 0 Å². The molecule has 4 rings (SSSR count). The first-order chi connectivity index (χ1) is 17.5. The van der Waals surface area contributed by atoms with Crippen LogP contribution in [0, 0.1) is 20.8 Å². The summed E-state index contributed by atoms with van der Waals surface area (Å²) in [7, 11) is 1.63. The van der Waals surface area contributed by atoms with Gasteiger partial charge >= 0.3 is 0 Å². The van der Waals surface area contributed by atoms with Crippen LogP contribution in [0.2, 0.25) is 0 Å². The third-order valence-electron chi connectivity index (χ3n) is 6.21. The smallest absolute Gasteiger partial charge is 0.273 e.